The molecule has 0 saturated carbocycles. The van der Waals surface area contributed by atoms with Gasteiger partial charge in [0.25, 0.3) is 0 Å². The fourth-order valence-electron chi connectivity index (χ4n) is 3.40. The van der Waals surface area contributed by atoms with Crippen LogP contribution >= 0.6 is 0 Å². The number of benzene rings is 1. The minimum atomic E-state index is 0.610. The zero-order valence-electron chi connectivity index (χ0n) is 13.8. The number of nitrogens with zero attached hydrogens (tertiary/aromatic N) is 5. The third-order valence-corrected chi connectivity index (χ3v) is 4.55. The first-order valence-corrected chi connectivity index (χ1v) is 8.41. The van der Waals surface area contributed by atoms with Gasteiger partial charge in [0.15, 0.2) is 5.82 Å². The van der Waals surface area contributed by atoms with Crippen molar-refractivity contribution in [2.24, 2.45) is 0 Å². The highest BCUT2D eigenvalue weighted by Crippen LogP contribution is 2.27. The van der Waals surface area contributed by atoms with Crippen molar-refractivity contribution in [3.05, 3.63) is 71.9 Å². The lowest BCUT2D eigenvalue weighted by molar-refractivity contribution is 0.315. The second-order valence-electron chi connectivity index (χ2n) is 6.31. The van der Waals surface area contributed by atoms with Gasteiger partial charge in [-0.1, -0.05) is 36.4 Å². The van der Waals surface area contributed by atoms with E-state index in [9.17, 15) is 0 Å². The van der Waals surface area contributed by atoms with Gasteiger partial charge in [-0.2, -0.15) is 4.68 Å². The quantitative estimate of drug-likeness (QED) is 0.742. The molecule has 3 aromatic rings. The van der Waals surface area contributed by atoms with E-state index in [1.165, 1.54) is 12.0 Å². The molecular formula is C19H21N5. The van der Waals surface area contributed by atoms with Crippen molar-refractivity contribution in [3.8, 4) is 5.82 Å². The third kappa shape index (κ3) is 3.08. The van der Waals surface area contributed by atoms with E-state index in [0.29, 0.717) is 5.92 Å². The van der Waals surface area contributed by atoms with Crippen molar-refractivity contribution in [2.45, 2.75) is 25.8 Å². The van der Waals surface area contributed by atoms with Crippen molar-refractivity contribution in [1.82, 2.24) is 24.6 Å². The van der Waals surface area contributed by atoms with Crippen LogP contribution in [-0.2, 0) is 6.54 Å². The van der Waals surface area contributed by atoms with Crippen LogP contribution in [0, 0.1) is 6.92 Å². The molecule has 1 aromatic carbocycles. The highest BCUT2D eigenvalue weighted by atomic mass is 15.4. The summed E-state index contributed by atoms with van der Waals surface area (Å²) in [7, 11) is 0. The van der Waals surface area contributed by atoms with Gasteiger partial charge in [0.1, 0.15) is 11.6 Å². The zero-order valence-corrected chi connectivity index (χ0v) is 13.8. The largest absolute Gasteiger partial charge is 0.295 e. The van der Waals surface area contributed by atoms with Crippen LogP contribution < -0.4 is 0 Å². The maximum Gasteiger partial charge on any atom is 0.155 e. The molecular weight excluding hydrogens is 298 g/mol. The Morgan fingerprint density at radius 3 is 2.71 bits per heavy atom. The number of rotatable bonds is 4. The van der Waals surface area contributed by atoms with E-state index in [1.54, 1.807) is 6.20 Å². The van der Waals surface area contributed by atoms with Crippen molar-refractivity contribution < 1.29 is 0 Å². The van der Waals surface area contributed by atoms with Gasteiger partial charge in [0, 0.05) is 12.7 Å². The first-order chi connectivity index (χ1) is 11.8. The van der Waals surface area contributed by atoms with Gasteiger partial charge in [-0.3, -0.25) is 4.90 Å². The monoisotopic (exact) mass is 319 g/mol. The summed E-state index contributed by atoms with van der Waals surface area (Å²) in [5, 5.41) is 4.52. The van der Waals surface area contributed by atoms with Crippen LogP contribution in [-0.4, -0.2) is 37.7 Å². The molecule has 0 bridgehead atoms. The second kappa shape index (κ2) is 6.53. The highest BCUT2D eigenvalue weighted by Gasteiger charge is 2.25. The summed E-state index contributed by atoms with van der Waals surface area (Å²) in [6.45, 7) is 4.90. The van der Waals surface area contributed by atoms with E-state index in [1.807, 2.05) is 29.8 Å². The van der Waals surface area contributed by atoms with Crippen LogP contribution in [0.25, 0.3) is 5.82 Å². The average Bonchev–Trinajstić information content (AvgIpc) is 3.23. The lowest BCUT2D eigenvalue weighted by Gasteiger charge is -2.16. The van der Waals surface area contributed by atoms with Gasteiger partial charge in [0.05, 0.1) is 6.54 Å². The lowest BCUT2D eigenvalue weighted by atomic mass is 9.99. The summed E-state index contributed by atoms with van der Waals surface area (Å²) in [6, 6.07) is 16.6. The summed E-state index contributed by atoms with van der Waals surface area (Å²) in [6.07, 6.45) is 2.98. The van der Waals surface area contributed by atoms with Gasteiger partial charge < -0.3 is 0 Å². The molecule has 122 valence electrons. The Balaban J connectivity index is 1.51. The molecule has 1 fully saturated rings. The van der Waals surface area contributed by atoms with E-state index >= 15 is 0 Å². The Hall–Kier alpha value is -2.53. The number of pyridine rings is 1. The second-order valence-corrected chi connectivity index (χ2v) is 6.31. The number of aryl methyl sites for hydroxylation is 1. The maximum atomic E-state index is 4.62. The Kier molecular flexibility index (Phi) is 4.09. The van der Waals surface area contributed by atoms with Gasteiger partial charge in [-0.05, 0) is 43.5 Å². The molecule has 0 amide bonds. The van der Waals surface area contributed by atoms with Crippen molar-refractivity contribution >= 4 is 0 Å². The Morgan fingerprint density at radius 2 is 1.92 bits per heavy atom. The van der Waals surface area contributed by atoms with Gasteiger partial charge in [0.2, 0.25) is 0 Å². The first-order valence-electron chi connectivity index (χ1n) is 8.41. The number of likely N-dealkylation sites (tertiary alicyclic amines) is 1. The van der Waals surface area contributed by atoms with Crippen molar-refractivity contribution in [1.29, 1.82) is 0 Å². The zero-order chi connectivity index (χ0) is 16.4. The van der Waals surface area contributed by atoms with E-state index < -0.39 is 0 Å². The Morgan fingerprint density at radius 1 is 1.08 bits per heavy atom. The number of aromatic nitrogens is 4. The van der Waals surface area contributed by atoms with Gasteiger partial charge in [-0.25, -0.2) is 9.97 Å². The Bertz CT molecular complexity index is 797. The molecule has 2 aromatic heterocycles. The Labute approximate surface area is 142 Å². The van der Waals surface area contributed by atoms with Crippen LogP contribution in [0.5, 0.6) is 0 Å². The van der Waals surface area contributed by atoms with E-state index in [2.05, 4.69) is 50.3 Å². The molecule has 0 N–H and O–H groups in total. The smallest absolute Gasteiger partial charge is 0.155 e. The average molecular weight is 319 g/mol. The molecule has 5 heteroatoms. The maximum absolute atomic E-state index is 4.62. The highest BCUT2D eigenvalue weighted by molar-refractivity contribution is 5.23. The molecule has 5 nitrogen and oxygen atoms in total. The molecule has 1 aliphatic rings. The lowest BCUT2D eigenvalue weighted by Crippen LogP contribution is -2.22. The topological polar surface area (TPSA) is 46.8 Å². The van der Waals surface area contributed by atoms with Crippen LogP contribution in [0.3, 0.4) is 0 Å². The molecule has 3 heterocycles. The SMILES string of the molecule is Cc1nc(CN2CCC(c3ccccc3)C2)n(-c2ccccn2)n1. The standard InChI is InChI=1S/C19H21N5/c1-15-21-19(24(22-15)18-9-5-6-11-20-18)14-23-12-10-17(13-23)16-7-3-2-4-8-16/h2-9,11,17H,10,12-14H2,1H3. The first kappa shape index (κ1) is 15.0. The van der Waals surface area contributed by atoms with Crippen LogP contribution in [0.1, 0.15) is 29.6 Å². The van der Waals surface area contributed by atoms with E-state index in [0.717, 1.165) is 37.1 Å². The number of hydrogen-bond acceptors (Lipinski definition) is 4. The van der Waals surface area contributed by atoms with Gasteiger partial charge >= 0.3 is 0 Å². The van der Waals surface area contributed by atoms with E-state index in [-0.39, 0.29) is 0 Å². The van der Waals surface area contributed by atoms with Gasteiger partial charge in [-0.15, -0.1) is 5.10 Å². The normalized spacial score (nSPS) is 18.1. The summed E-state index contributed by atoms with van der Waals surface area (Å²) >= 11 is 0. The fourth-order valence-corrected chi connectivity index (χ4v) is 3.40. The molecule has 1 unspecified atom stereocenters. The van der Waals surface area contributed by atoms with Crippen LogP contribution in [0.4, 0.5) is 0 Å². The molecule has 1 saturated heterocycles. The number of hydrogen-bond donors (Lipinski definition) is 0. The summed E-state index contributed by atoms with van der Waals surface area (Å²) in [5.41, 5.74) is 1.43. The summed E-state index contributed by atoms with van der Waals surface area (Å²) in [4.78, 5) is 11.5. The molecule has 1 atom stereocenters. The molecule has 0 spiro atoms. The molecule has 0 aliphatic carbocycles. The fraction of sp³-hybridized carbons (Fsp3) is 0.316. The third-order valence-electron chi connectivity index (χ3n) is 4.55. The minimum absolute atomic E-state index is 0.610. The van der Waals surface area contributed by atoms with Crippen molar-refractivity contribution in [3.63, 3.8) is 0 Å². The molecule has 0 radical (unpaired) electrons. The van der Waals surface area contributed by atoms with Crippen LogP contribution in [0.2, 0.25) is 0 Å². The minimum Gasteiger partial charge on any atom is -0.295 e. The predicted octanol–water partition coefficient (Wildman–Crippen LogP) is 2.96. The summed E-state index contributed by atoms with van der Waals surface area (Å²) in [5.74, 6) is 3.18. The van der Waals surface area contributed by atoms with E-state index in [4.69, 9.17) is 0 Å². The summed E-state index contributed by atoms with van der Waals surface area (Å²) < 4.78 is 1.87. The predicted molar refractivity (Wildman–Crippen MR) is 93.0 cm³/mol. The molecule has 24 heavy (non-hydrogen) atoms. The molecule has 1 aliphatic heterocycles. The van der Waals surface area contributed by atoms with Crippen LogP contribution in [0.15, 0.2) is 54.7 Å². The molecule has 4 rings (SSSR count). The van der Waals surface area contributed by atoms with Crippen molar-refractivity contribution in [2.75, 3.05) is 13.1 Å².